The Morgan fingerprint density at radius 1 is 0.950 bits per heavy atom. The van der Waals surface area contributed by atoms with Crippen molar-refractivity contribution in [3.8, 4) is 0 Å². The second kappa shape index (κ2) is 16.4. The third-order valence-electron chi connectivity index (χ3n) is 7.87. The van der Waals surface area contributed by atoms with E-state index in [0.717, 1.165) is 70.9 Å². The number of carbonyl (C=O) groups is 5. The number of nitrogens with zero attached hydrogens (tertiary/aromatic N) is 1. The normalized spacial score (nSPS) is 21.9. The minimum Gasteiger partial charge on any atom is -0.431 e. The van der Waals surface area contributed by atoms with Crippen LogP contribution in [0.3, 0.4) is 0 Å². The van der Waals surface area contributed by atoms with E-state index < -0.39 is 36.3 Å². The lowest BCUT2D eigenvalue weighted by Gasteiger charge is -2.33. The summed E-state index contributed by atoms with van der Waals surface area (Å²) in [6.45, 7) is 5.39. The van der Waals surface area contributed by atoms with Gasteiger partial charge in [0.05, 0.1) is 5.92 Å². The largest absolute Gasteiger partial charge is 0.511 e. The molecule has 0 radical (unpaired) electrons. The van der Waals surface area contributed by atoms with Crippen LogP contribution in [0.2, 0.25) is 0 Å². The molecule has 3 atom stereocenters. The summed E-state index contributed by atoms with van der Waals surface area (Å²) in [5.74, 6) is -1.39. The molecule has 1 saturated carbocycles. The monoisotopic (exact) mass is 566 g/mol. The van der Waals surface area contributed by atoms with Crippen molar-refractivity contribution >= 4 is 29.8 Å². The average Bonchev–Trinajstić information content (AvgIpc) is 2.94. The minimum absolute atomic E-state index is 0.0757. The first-order valence-electron chi connectivity index (χ1n) is 14.8. The minimum atomic E-state index is -1.24. The van der Waals surface area contributed by atoms with Crippen molar-refractivity contribution in [3.63, 3.8) is 0 Å². The predicted molar refractivity (Wildman–Crippen MR) is 145 cm³/mol. The maximum absolute atomic E-state index is 12.9. The number of rotatable bonds is 11. The number of ether oxygens (including phenoxy) is 3. The van der Waals surface area contributed by atoms with Crippen molar-refractivity contribution in [2.45, 2.75) is 103 Å². The van der Waals surface area contributed by atoms with Gasteiger partial charge in [-0.25, -0.2) is 9.59 Å². The zero-order valence-electron chi connectivity index (χ0n) is 23.9. The van der Waals surface area contributed by atoms with Crippen LogP contribution >= 0.6 is 0 Å². The first kappa shape index (κ1) is 31.6. The van der Waals surface area contributed by atoms with Crippen LogP contribution in [-0.4, -0.2) is 85.9 Å². The molecule has 3 amide bonds. The summed E-state index contributed by atoms with van der Waals surface area (Å²) in [4.78, 5) is 64.0. The Bertz CT molecular complexity index is 872. The fraction of sp³-hybridized carbons (Fsp3) is 0.821. The molecule has 2 unspecified atom stereocenters. The molecule has 0 bridgehead atoms. The van der Waals surface area contributed by atoms with Crippen molar-refractivity contribution in [1.29, 1.82) is 0 Å². The number of hydrogen-bond donors (Lipinski definition) is 3. The van der Waals surface area contributed by atoms with Crippen molar-refractivity contribution < 1.29 is 38.2 Å². The second-order valence-electron chi connectivity index (χ2n) is 11.2. The van der Waals surface area contributed by atoms with Gasteiger partial charge in [-0.05, 0) is 76.8 Å². The highest BCUT2D eigenvalue weighted by atomic mass is 16.8. The molecule has 12 nitrogen and oxygen atoms in total. The topological polar surface area (TPSA) is 152 Å². The van der Waals surface area contributed by atoms with Gasteiger partial charge in [0.1, 0.15) is 12.1 Å². The average molecular weight is 567 g/mol. The molecule has 40 heavy (non-hydrogen) atoms. The molecule has 12 heteroatoms. The van der Waals surface area contributed by atoms with E-state index in [4.69, 9.17) is 14.2 Å². The van der Waals surface area contributed by atoms with E-state index in [1.807, 2.05) is 0 Å². The number of esters is 1. The van der Waals surface area contributed by atoms with E-state index >= 15 is 0 Å². The fourth-order valence-corrected chi connectivity index (χ4v) is 5.61. The van der Waals surface area contributed by atoms with Crippen LogP contribution in [-0.2, 0) is 33.4 Å². The van der Waals surface area contributed by atoms with E-state index in [-0.39, 0.29) is 24.5 Å². The number of piperidine rings is 2. The number of amides is 3. The van der Waals surface area contributed by atoms with Gasteiger partial charge < -0.3 is 35.1 Å². The number of likely N-dealkylation sites (tertiary alicyclic amines) is 1. The van der Waals surface area contributed by atoms with E-state index in [9.17, 15) is 24.0 Å². The molecule has 0 spiro atoms. The van der Waals surface area contributed by atoms with Crippen molar-refractivity contribution in [1.82, 2.24) is 20.9 Å². The van der Waals surface area contributed by atoms with Crippen molar-refractivity contribution in [2.75, 3.05) is 32.7 Å². The highest BCUT2D eigenvalue weighted by Gasteiger charge is 2.31. The van der Waals surface area contributed by atoms with Gasteiger partial charge in [-0.2, -0.15) is 0 Å². The highest BCUT2D eigenvalue weighted by molar-refractivity contribution is 5.85. The lowest BCUT2D eigenvalue weighted by atomic mass is 9.92. The van der Waals surface area contributed by atoms with Crippen LogP contribution in [0.4, 0.5) is 4.79 Å². The summed E-state index contributed by atoms with van der Waals surface area (Å²) in [7, 11) is 0. The van der Waals surface area contributed by atoms with Crippen LogP contribution in [0.15, 0.2) is 0 Å². The van der Waals surface area contributed by atoms with Crippen LogP contribution < -0.4 is 16.0 Å². The van der Waals surface area contributed by atoms with Crippen molar-refractivity contribution in [2.24, 2.45) is 11.8 Å². The molecule has 0 aromatic rings. The van der Waals surface area contributed by atoms with Crippen LogP contribution in [0.25, 0.3) is 0 Å². The maximum atomic E-state index is 12.9. The molecule has 3 aliphatic rings. The SMILES string of the molecule is CC(=O)NC(CNC(=O)[C@@H]1CCCN(C(=O)CCC2CCNCC2)C1)C(=O)OC(C)OC(=O)OC1CCCCC1. The molecule has 2 aliphatic heterocycles. The summed E-state index contributed by atoms with van der Waals surface area (Å²) < 4.78 is 15.5. The zero-order chi connectivity index (χ0) is 28.9. The molecule has 3 rings (SSSR count). The van der Waals surface area contributed by atoms with Gasteiger partial charge in [-0.3, -0.25) is 14.4 Å². The number of nitrogens with one attached hydrogen (secondary N) is 3. The molecule has 3 N–H and O–H groups in total. The summed E-state index contributed by atoms with van der Waals surface area (Å²) >= 11 is 0. The smallest absolute Gasteiger partial charge is 0.431 e. The first-order valence-corrected chi connectivity index (χ1v) is 14.8. The van der Waals surface area contributed by atoms with Crippen LogP contribution in [0.1, 0.15) is 84.5 Å². The van der Waals surface area contributed by atoms with Crippen LogP contribution in [0, 0.1) is 11.8 Å². The quantitative estimate of drug-likeness (QED) is 0.252. The van der Waals surface area contributed by atoms with Gasteiger partial charge in [-0.15, -0.1) is 0 Å². The predicted octanol–water partition coefficient (Wildman–Crippen LogP) is 2.00. The number of hydrogen-bond acceptors (Lipinski definition) is 9. The van der Waals surface area contributed by atoms with Gasteiger partial charge >= 0.3 is 12.1 Å². The molecule has 2 heterocycles. The van der Waals surface area contributed by atoms with E-state index in [0.29, 0.717) is 31.8 Å². The molecule has 3 fully saturated rings. The highest BCUT2D eigenvalue weighted by Crippen LogP contribution is 2.22. The Morgan fingerprint density at radius 2 is 1.68 bits per heavy atom. The van der Waals surface area contributed by atoms with E-state index in [1.54, 1.807) is 4.90 Å². The zero-order valence-corrected chi connectivity index (χ0v) is 23.9. The third kappa shape index (κ3) is 10.9. The van der Waals surface area contributed by atoms with Crippen LogP contribution in [0.5, 0.6) is 0 Å². The van der Waals surface area contributed by atoms with E-state index in [1.165, 1.54) is 13.8 Å². The van der Waals surface area contributed by atoms with Gasteiger partial charge in [-0.1, -0.05) is 6.42 Å². The molecule has 2 saturated heterocycles. The summed E-state index contributed by atoms with van der Waals surface area (Å²) in [5.41, 5.74) is 0. The van der Waals surface area contributed by atoms with E-state index in [2.05, 4.69) is 16.0 Å². The Balaban J connectivity index is 1.42. The summed E-state index contributed by atoms with van der Waals surface area (Å²) in [6.07, 6.45) is 7.18. The lowest BCUT2D eigenvalue weighted by Crippen LogP contribution is -2.52. The maximum Gasteiger partial charge on any atom is 0.511 e. The Morgan fingerprint density at radius 3 is 2.38 bits per heavy atom. The molecule has 226 valence electrons. The van der Waals surface area contributed by atoms with Crippen molar-refractivity contribution in [3.05, 3.63) is 0 Å². The van der Waals surface area contributed by atoms with Gasteiger partial charge in [0.2, 0.25) is 24.0 Å². The fourth-order valence-electron chi connectivity index (χ4n) is 5.61. The molecule has 0 aromatic carbocycles. The molecular formula is C28H46N4O8. The number of carbonyl (C=O) groups excluding carboxylic acids is 5. The molecule has 0 aromatic heterocycles. The summed E-state index contributed by atoms with van der Waals surface area (Å²) in [5, 5.41) is 8.52. The lowest BCUT2D eigenvalue weighted by molar-refractivity contribution is -0.172. The molecular weight excluding hydrogens is 520 g/mol. The van der Waals surface area contributed by atoms with Gasteiger partial charge in [0.15, 0.2) is 0 Å². The summed E-state index contributed by atoms with van der Waals surface area (Å²) in [6, 6.07) is -1.17. The second-order valence-corrected chi connectivity index (χ2v) is 11.2. The third-order valence-corrected chi connectivity index (χ3v) is 7.87. The Labute approximate surface area is 236 Å². The Hall–Kier alpha value is -2.89. The Kier molecular flexibility index (Phi) is 13.0. The first-order chi connectivity index (χ1) is 19.2. The van der Waals surface area contributed by atoms with Gasteiger partial charge in [0, 0.05) is 39.9 Å². The van der Waals surface area contributed by atoms with Gasteiger partial charge in [0.25, 0.3) is 0 Å². The molecule has 1 aliphatic carbocycles. The standard InChI is InChI=1S/C28H46N4O8/c1-19(33)31-24(27(36)38-20(2)39-28(37)40-23-8-4-3-5-9-23)17-30-26(35)22-7-6-16-32(18-22)25(34)11-10-21-12-14-29-15-13-21/h20-24,29H,3-18H2,1-2H3,(H,30,35)(H,31,33)/t20?,22-,24?/m1/s1.